The van der Waals surface area contributed by atoms with Gasteiger partial charge in [-0.15, -0.1) is 0 Å². The van der Waals surface area contributed by atoms with Crippen LogP contribution in [0.5, 0.6) is 0 Å². The molecule has 0 spiro atoms. The van der Waals surface area contributed by atoms with Crippen LogP contribution in [0.2, 0.25) is 0 Å². The van der Waals surface area contributed by atoms with Crippen LogP contribution in [-0.4, -0.2) is 6.03 Å². The molecule has 0 radical (unpaired) electrons. The molecule has 0 aliphatic heterocycles. The van der Waals surface area contributed by atoms with E-state index in [1.54, 1.807) is 0 Å². The molecule has 14 heavy (non-hydrogen) atoms. The molecule has 3 nitrogen and oxygen atoms in total. The van der Waals surface area contributed by atoms with Crippen molar-refractivity contribution in [2.24, 2.45) is 0 Å². The second kappa shape index (κ2) is 4.46. The van der Waals surface area contributed by atoms with Crippen molar-refractivity contribution in [2.75, 3.05) is 5.32 Å². The fourth-order valence-electron chi connectivity index (χ4n) is 1.14. The second-order valence-corrected chi connectivity index (χ2v) is 3.05. The van der Waals surface area contributed by atoms with Crippen LogP contribution in [0, 0.1) is 13.8 Å². The minimum Gasteiger partial charge on any atom is -0.315 e. The van der Waals surface area contributed by atoms with Gasteiger partial charge in [0.15, 0.2) is 0 Å². The molecular weight excluding hydrogens is 176 g/mol. The summed E-state index contributed by atoms with van der Waals surface area (Å²) in [7, 11) is 0. The first kappa shape index (κ1) is 10.3. The van der Waals surface area contributed by atoms with Crippen LogP contribution < -0.4 is 10.6 Å². The van der Waals surface area contributed by atoms with Gasteiger partial charge in [0.25, 0.3) is 0 Å². The van der Waals surface area contributed by atoms with E-state index in [0.29, 0.717) is 0 Å². The maximum atomic E-state index is 11.2. The number of amides is 2. The normalized spacial score (nSPS) is 9.29. The molecule has 0 aliphatic carbocycles. The average molecular weight is 190 g/mol. The first-order valence-corrected chi connectivity index (χ1v) is 4.40. The molecule has 1 rings (SSSR count). The van der Waals surface area contributed by atoms with Gasteiger partial charge >= 0.3 is 6.03 Å². The predicted octanol–water partition coefficient (Wildman–Crippen LogP) is 2.57. The molecule has 2 N–H and O–H groups in total. The molecule has 1 aromatic rings. The summed E-state index contributed by atoms with van der Waals surface area (Å²) in [6, 6.07) is 5.51. The largest absolute Gasteiger partial charge is 0.323 e. The van der Waals surface area contributed by atoms with Crippen molar-refractivity contribution >= 4 is 11.7 Å². The third-order valence-corrected chi connectivity index (χ3v) is 2.09. The summed E-state index contributed by atoms with van der Waals surface area (Å²) in [6.07, 6.45) is 1.35. The summed E-state index contributed by atoms with van der Waals surface area (Å²) in [5.41, 5.74) is 3.05. The van der Waals surface area contributed by atoms with Gasteiger partial charge in [-0.1, -0.05) is 18.7 Å². The van der Waals surface area contributed by atoms with Crippen molar-refractivity contribution in [3.63, 3.8) is 0 Å². The zero-order chi connectivity index (χ0) is 10.6. The zero-order valence-electron chi connectivity index (χ0n) is 8.42. The number of urea groups is 1. The van der Waals surface area contributed by atoms with Crippen molar-refractivity contribution in [3.05, 3.63) is 42.1 Å². The van der Waals surface area contributed by atoms with E-state index in [1.807, 2.05) is 32.0 Å². The summed E-state index contributed by atoms with van der Waals surface area (Å²) in [6.45, 7) is 7.39. The molecule has 0 atom stereocenters. The fraction of sp³-hybridized carbons (Fsp3) is 0.182. The van der Waals surface area contributed by atoms with E-state index in [9.17, 15) is 4.79 Å². The van der Waals surface area contributed by atoms with Gasteiger partial charge in [-0.3, -0.25) is 0 Å². The lowest BCUT2D eigenvalue weighted by atomic mass is 10.1. The zero-order valence-corrected chi connectivity index (χ0v) is 8.42. The van der Waals surface area contributed by atoms with Gasteiger partial charge in [-0.05, 0) is 37.2 Å². The summed E-state index contributed by atoms with van der Waals surface area (Å²) < 4.78 is 0. The first-order chi connectivity index (χ1) is 6.65. The van der Waals surface area contributed by atoms with Crippen LogP contribution in [0.1, 0.15) is 11.1 Å². The maximum Gasteiger partial charge on any atom is 0.323 e. The number of hydrogen-bond acceptors (Lipinski definition) is 1. The average Bonchev–Trinajstić information content (AvgIpc) is 2.13. The van der Waals surface area contributed by atoms with E-state index < -0.39 is 0 Å². The van der Waals surface area contributed by atoms with Gasteiger partial charge < -0.3 is 10.6 Å². The molecule has 3 heteroatoms. The molecule has 1 aromatic carbocycles. The molecule has 0 aliphatic rings. The quantitative estimate of drug-likeness (QED) is 0.739. The van der Waals surface area contributed by atoms with Gasteiger partial charge in [0, 0.05) is 5.69 Å². The Kier molecular flexibility index (Phi) is 3.29. The minimum absolute atomic E-state index is 0.270. The third-order valence-electron chi connectivity index (χ3n) is 2.09. The molecule has 0 bridgehead atoms. The standard InChI is InChI=1S/C11H14N2O/c1-4-12-11(14)13-10-7-5-6-8(2)9(10)3/h4-7H,1H2,2-3H3,(H2,12,13,14). The first-order valence-electron chi connectivity index (χ1n) is 4.40. The van der Waals surface area contributed by atoms with Crippen LogP contribution >= 0.6 is 0 Å². The Hall–Kier alpha value is -1.77. The third kappa shape index (κ3) is 2.36. The Balaban J connectivity index is 2.81. The van der Waals surface area contributed by atoms with E-state index in [-0.39, 0.29) is 6.03 Å². The van der Waals surface area contributed by atoms with E-state index in [4.69, 9.17) is 0 Å². The number of hydrogen-bond donors (Lipinski definition) is 2. The number of carbonyl (C=O) groups excluding carboxylic acids is 1. The molecule has 0 unspecified atom stereocenters. The smallest absolute Gasteiger partial charge is 0.315 e. The minimum atomic E-state index is -0.270. The highest BCUT2D eigenvalue weighted by molar-refractivity contribution is 5.90. The van der Waals surface area contributed by atoms with E-state index in [2.05, 4.69) is 17.2 Å². The lowest BCUT2D eigenvalue weighted by molar-refractivity contribution is 0.255. The van der Waals surface area contributed by atoms with Crippen LogP contribution in [0.4, 0.5) is 10.5 Å². The number of aryl methyl sites for hydroxylation is 1. The van der Waals surface area contributed by atoms with Crippen molar-refractivity contribution in [2.45, 2.75) is 13.8 Å². The van der Waals surface area contributed by atoms with Crippen molar-refractivity contribution in [1.82, 2.24) is 5.32 Å². The highest BCUT2D eigenvalue weighted by Crippen LogP contribution is 2.17. The number of carbonyl (C=O) groups is 1. The lowest BCUT2D eigenvalue weighted by Crippen LogP contribution is -2.23. The number of benzene rings is 1. The van der Waals surface area contributed by atoms with Crippen molar-refractivity contribution in [3.8, 4) is 0 Å². The Morgan fingerprint density at radius 1 is 1.43 bits per heavy atom. The molecule has 2 amide bonds. The van der Waals surface area contributed by atoms with Crippen LogP contribution in [0.15, 0.2) is 31.0 Å². The Morgan fingerprint density at radius 2 is 2.14 bits per heavy atom. The monoisotopic (exact) mass is 190 g/mol. The van der Waals surface area contributed by atoms with Crippen LogP contribution in [0.25, 0.3) is 0 Å². The van der Waals surface area contributed by atoms with Gasteiger partial charge in [-0.25, -0.2) is 4.79 Å². The number of nitrogens with one attached hydrogen (secondary N) is 2. The van der Waals surface area contributed by atoms with Gasteiger partial charge in [0.1, 0.15) is 0 Å². The SMILES string of the molecule is C=CNC(=O)Nc1cccc(C)c1C. The predicted molar refractivity (Wildman–Crippen MR) is 58.3 cm³/mol. The summed E-state index contributed by atoms with van der Waals surface area (Å²) >= 11 is 0. The van der Waals surface area contributed by atoms with E-state index in [1.165, 1.54) is 6.20 Å². The summed E-state index contributed by atoms with van der Waals surface area (Å²) in [5.74, 6) is 0. The van der Waals surface area contributed by atoms with Crippen molar-refractivity contribution < 1.29 is 4.79 Å². The molecule has 0 heterocycles. The molecule has 74 valence electrons. The Labute approximate surface area is 83.8 Å². The fourth-order valence-corrected chi connectivity index (χ4v) is 1.14. The molecular formula is C11H14N2O. The van der Waals surface area contributed by atoms with Gasteiger partial charge in [-0.2, -0.15) is 0 Å². The molecule has 0 saturated heterocycles. The maximum absolute atomic E-state index is 11.2. The Morgan fingerprint density at radius 3 is 2.79 bits per heavy atom. The van der Waals surface area contributed by atoms with Gasteiger partial charge in [0.05, 0.1) is 0 Å². The van der Waals surface area contributed by atoms with E-state index >= 15 is 0 Å². The number of anilines is 1. The van der Waals surface area contributed by atoms with Crippen LogP contribution in [-0.2, 0) is 0 Å². The highest BCUT2D eigenvalue weighted by atomic mass is 16.2. The topological polar surface area (TPSA) is 41.1 Å². The molecule has 0 aromatic heterocycles. The summed E-state index contributed by atoms with van der Waals surface area (Å²) in [5, 5.41) is 5.19. The Bertz CT molecular complexity index is 358. The highest BCUT2D eigenvalue weighted by Gasteiger charge is 2.03. The molecule has 0 saturated carbocycles. The van der Waals surface area contributed by atoms with Crippen molar-refractivity contribution in [1.29, 1.82) is 0 Å². The van der Waals surface area contributed by atoms with E-state index in [0.717, 1.165) is 16.8 Å². The van der Waals surface area contributed by atoms with Gasteiger partial charge in [0.2, 0.25) is 0 Å². The number of rotatable bonds is 2. The second-order valence-electron chi connectivity index (χ2n) is 3.05. The molecule has 0 fully saturated rings. The summed E-state index contributed by atoms with van der Waals surface area (Å²) in [4.78, 5) is 11.2. The lowest BCUT2D eigenvalue weighted by Gasteiger charge is -2.09. The van der Waals surface area contributed by atoms with Crippen LogP contribution in [0.3, 0.4) is 0 Å².